The van der Waals surface area contributed by atoms with Crippen LogP contribution >= 0.6 is 0 Å². The maximum absolute atomic E-state index is 13.3. The summed E-state index contributed by atoms with van der Waals surface area (Å²) in [6.07, 6.45) is 2.16. The molecule has 2 aromatic carbocycles. The van der Waals surface area contributed by atoms with Crippen molar-refractivity contribution in [2.24, 2.45) is 0 Å². The van der Waals surface area contributed by atoms with E-state index in [1.807, 2.05) is 48.3 Å². The van der Waals surface area contributed by atoms with Gasteiger partial charge >= 0.3 is 0 Å². The van der Waals surface area contributed by atoms with Gasteiger partial charge in [-0.3, -0.25) is 4.79 Å². The lowest BCUT2D eigenvalue weighted by Crippen LogP contribution is -2.47. The van der Waals surface area contributed by atoms with Crippen molar-refractivity contribution >= 4 is 5.91 Å². The first-order valence-corrected chi connectivity index (χ1v) is 9.99. The van der Waals surface area contributed by atoms with Crippen molar-refractivity contribution in [3.8, 4) is 5.75 Å². The van der Waals surface area contributed by atoms with Gasteiger partial charge in [0.2, 0.25) is 5.91 Å². The Kier molecular flexibility index (Phi) is 6.40. The number of methoxy groups -OCH3 is 1. The van der Waals surface area contributed by atoms with Gasteiger partial charge in [-0.15, -0.1) is 0 Å². The lowest BCUT2D eigenvalue weighted by atomic mass is 9.86. The summed E-state index contributed by atoms with van der Waals surface area (Å²) in [6, 6.07) is 18.4. The lowest BCUT2D eigenvalue weighted by molar-refractivity contribution is -0.138. The summed E-state index contributed by atoms with van der Waals surface area (Å²) in [5.74, 6) is 0.932. The average molecular weight is 382 g/mol. The maximum Gasteiger partial charge on any atom is 0.223 e. The van der Waals surface area contributed by atoms with Crippen molar-refractivity contribution in [2.45, 2.75) is 50.7 Å². The number of carbonyl (C=O) groups excluding carboxylic acids is 1. The van der Waals surface area contributed by atoms with Gasteiger partial charge in [-0.25, -0.2) is 0 Å². The summed E-state index contributed by atoms with van der Waals surface area (Å²) in [5.41, 5.74) is 1.99. The molecule has 1 fully saturated rings. The zero-order valence-electron chi connectivity index (χ0n) is 17.4. The number of ether oxygens (including phenoxy) is 2. The second-order valence-corrected chi connectivity index (χ2v) is 8.17. The molecule has 0 N–H and O–H groups in total. The van der Waals surface area contributed by atoms with E-state index >= 15 is 0 Å². The molecular weight excluding hydrogens is 350 g/mol. The van der Waals surface area contributed by atoms with Crippen LogP contribution in [0, 0.1) is 0 Å². The molecule has 1 amide bonds. The number of carbonyl (C=O) groups is 1. The van der Waals surface area contributed by atoms with E-state index in [4.69, 9.17) is 9.47 Å². The van der Waals surface area contributed by atoms with Crippen LogP contribution in [0.5, 0.6) is 5.75 Å². The van der Waals surface area contributed by atoms with Crippen molar-refractivity contribution < 1.29 is 14.3 Å². The third-order valence-corrected chi connectivity index (χ3v) is 5.71. The molecule has 1 saturated heterocycles. The number of hydrogen-bond acceptors (Lipinski definition) is 3. The van der Waals surface area contributed by atoms with E-state index in [0.29, 0.717) is 13.0 Å². The van der Waals surface area contributed by atoms with Crippen molar-refractivity contribution in [2.75, 3.05) is 20.8 Å². The molecule has 4 nitrogen and oxygen atoms in total. The Balaban J connectivity index is 1.84. The Labute approximate surface area is 168 Å². The van der Waals surface area contributed by atoms with Gasteiger partial charge in [-0.1, -0.05) is 48.5 Å². The quantitative estimate of drug-likeness (QED) is 0.732. The number of benzene rings is 2. The first kappa shape index (κ1) is 20.4. The predicted molar refractivity (Wildman–Crippen MR) is 112 cm³/mol. The number of nitrogens with zero attached hydrogens (tertiary/aromatic N) is 1. The molecule has 0 bridgehead atoms. The molecular formula is C24H31NO3. The van der Waals surface area contributed by atoms with Gasteiger partial charge in [0.1, 0.15) is 5.75 Å². The summed E-state index contributed by atoms with van der Waals surface area (Å²) < 4.78 is 11.4. The van der Waals surface area contributed by atoms with E-state index in [1.165, 1.54) is 0 Å². The Hall–Kier alpha value is -2.33. The fourth-order valence-electron chi connectivity index (χ4n) is 4.10. The molecule has 0 radical (unpaired) electrons. The highest BCUT2D eigenvalue weighted by atomic mass is 16.5. The Morgan fingerprint density at radius 2 is 1.86 bits per heavy atom. The highest BCUT2D eigenvalue weighted by molar-refractivity contribution is 5.78. The Bertz CT molecular complexity index is 787. The Morgan fingerprint density at radius 3 is 2.54 bits per heavy atom. The van der Waals surface area contributed by atoms with Gasteiger partial charge in [-0.2, -0.15) is 0 Å². The molecule has 150 valence electrons. The number of rotatable bonds is 6. The van der Waals surface area contributed by atoms with Crippen LogP contribution < -0.4 is 4.74 Å². The van der Waals surface area contributed by atoms with E-state index in [1.54, 1.807) is 7.11 Å². The molecule has 1 heterocycles. The third kappa shape index (κ3) is 4.74. The van der Waals surface area contributed by atoms with Gasteiger partial charge in [0.05, 0.1) is 12.7 Å². The normalized spacial score (nSPS) is 19.6. The smallest absolute Gasteiger partial charge is 0.223 e. The number of hydrogen-bond donors (Lipinski definition) is 0. The number of para-hydroxylation sites is 1. The zero-order chi connectivity index (χ0) is 20.1. The fraction of sp³-hybridized carbons (Fsp3) is 0.458. The van der Waals surface area contributed by atoms with Crippen LogP contribution in [-0.2, 0) is 9.53 Å². The van der Waals surface area contributed by atoms with Gasteiger partial charge in [0.15, 0.2) is 0 Å². The largest absolute Gasteiger partial charge is 0.496 e. The van der Waals surface area contributed by atoms with Crippen LogP contribution in [0.3, 0.4) is 0 Å². The summed E-state index contributed by atoms with van der Waals surface area (Å²) in [7, 11) is 3.61. The molecule has 4 heteroatoms. The minimum absolute atomic E-state index is 0.0415. The second kappa shape index (κ2) is 8.78. The van der Waals surface area contributed by atoms with Gasteiger partial charge in [-0.05, 0) is 38.3 Å². The molecule has 0 aromatic heterocycles. The van der Waals surface area contributed by atoms with Crippen molar-refractivity contribution in [3.63, 3.8) is 0 Å². The van der Waals surface area contributed by atoms with Crippen molar-refractivity contribution in [3.05, 3.63) is 65.7 Å². The topological polar surface area (TPSA) is 38.8 Å². The minimum Gasteiger partial charge on any atom is -0.496 e. The van der Waals surface area contributed by atoms with Crippen molar-refractivity contribution in [1.29, 1.82) is 0 Å². The molecule has 1 aliphatic heterocycles. The van der Waals surface area contributed by atoms with E-state index in [-0.39, 0.29) is 23.5 Å². The van der Waals surface area contributed by atoms with Crippen molar-refractivity contribution in [1.82, 2.24) is 4.90 Å². The fourth-order valence-corrected chi connectivity index (χ4v) is 4.10. The van der Waals surface area contributed by atoms with Crippen LogP contribution in [-0.4, -0.2) is 43.2 Å². The molecule has 3 rings (SSSR count). The highest BCUT2D eigenvalue weighted by Gasteiger charge is 2.33. The molecule has 0 saturated carbocycles. The lowest BCUT2D eigenvalue weighted by Gasteiger charge is -2.40. The second-order valence-electron chi connectivity index (χ2n) is 8.17. The van der Waals surface area contributed by atoms with Crippen LogP contribution in [0.1, 0.15) is 50.2 Å². The molecule has 1 aliphatic rings. The zero-order valence-corrected chi connectivity index (χ0v) is 17.4. The summed E-state index contributed by atoms with van der Waals surface area (Å²) >= 11 is 0. The minimum atomic E-state index is -0.182. The highest BCUT2D eigenvalue weighted by Crippen LogP contribution is 2.35. The molecule has 2 unspecified atom stereocenters. The monoisotopic (exact) mass is 381 g/mol. The van der Waals surface area contributed by atoms with Crippen LogP contribution in [0.15, 0.2) is 54.6 Å². The average Bonchev–Trinajstić information content (AvgIpc) is 2.71. The SMILES string of the molecule is COc1ccccc1C(CC(=O)N(C)C1CCOC(C)(C)C1)c1ccccc1. The van der Waals surface area contributed by atoms with Crippen LogP contribution in [0.25, 0.3) is 0 Å². The molecule has 2 aromatic rings. The van der Waals surface area contributed by atoms with Gasteiger partial charge < -0.3 is 14.4 Å². The predicted octanol–water partition coefficient (Wildman–Crippen LogP) is 4.63. The standard InChI is InChI=1S/C24H31NO3/c1-24(2)17-19(14-15-28-24)25(3)23(26)16-21(18-10-6-5-7-11-18)20-12-8-9-13-22(20)27-4/h5-13,19,21H,14-17H2,1-4H3. The van der Waals surface area contributed by atoms with Gasteiger partial charge in [0, 0.05) is 37.6 Å². The first-order valence-electron chi connectivity index (χ1n) is 9.99. The van der Waals surface area contributed by atoms with E-state index in [0.717, 1.165) is 29.7 Å². The van der Waals surface area contributed by atoms with Crippen LogP contribution in [0.4, 0.5) is 0 Å². The molecule has 0 aliphatic carbocycles. The van der Waals surface area contributed by atoms with E-state index in [9.17, 15) is 4.79 Å². The van der Waals surface area contributed by atoms with E-state index in [2.05, 4.69) is 32.0 Å². The third-order valence-electron chi connectivity index (χ3n) is 5.71. The Morgan fingerprint density at radius 1 is 1.18 bits per heavy atom. The number of amides is 1. The van der Waals surface area contributed by atoms with E-state index < -0.39 is 0 Å². The molecule has 28 heavy (non-hydrogen) atoms. The maximum atomic E-state index is 13.3. The summed E-state index contributed by atoms with van der Waals surface area (Å²) in [5, 5.41) is 0. The van der Waals surface area contributed by atoms with Gasteiger partial charge in [0.25, 0.3) is 0 Å². The molecule has 2 atom stereocenters. The first-order chi connectivity index (χ1) is 13.4. The summed E-state index contributed by atoms with van der Waals surface area (Å²) in [4.78, 5) is 15.2. The molecule has 0 spiro atoms. The summed E-state index contributed by atoms with van der Waals surface area (Å²) in [6.45, 7) is 4.89. The van der Waals surface area contributed by atoms with Crippen LogP contribution in [0.2, 0.25) is 0 Å².